The van der Waals surface area contributed by atoms with Gasteiger partial charge < -0.3 is 5.32 Å². The van der Waals surface area contributed by atoms with Gasteiger partial charge in [0.2, 0.25) is 0 Å². The molecule has 0 aliphatic heterocycles. The molecule has 4 aromatic rings. The van der Waals surface area contributed by atoms with Crippen molar-refractivity contribution in [2.75, 3.05) is 5.32 Å². The summed E-state index contributed by atoms with van der Waals surface area (Å²) in [7, 11) is 1.85. The van der Waals surface area contributed by atoms with Crippen molar-refractivity contribution < 1.29 is 8.78 Å². The van der Waals surface area contributed by atoms with Crippen molar-refractivity contribution in [2.24, 2.45) is 7.05 Å². The van der Waals surface area contributed by atoms with Gasteiger partial charge in [-0.05, 0) is 12.1 Å². The van der Waals surface area contributed by atoms with Gasteiger partial charge in [0.25, 0.3) is 6.43 Å². The Kier molecular flexibility index (Phi) is 4.50. The van der Waals surface area contributed by atoms with Gasteiger partial charge in [-0.3, -0.25) is 4.68 Å². The van der Waals surface area contributed by atoms with E-state index in [9.17, 15) is 8.78 Å². The second-order valence-corrected chi connectivity index (χ2v) is 6.14. The van der Waals surface area contributed by atoms with Crippen LogP contribution in [0.1, 0.15) is 17.8 Å². The van der Waals surface area contributed by atoms with E-state index in [4.69, 9.17) is 0 Å². The number of nitrogens with zero attached hydrogens (tertiary/aromatic N) is 4. The van der Waals surface area contributed by atoms with E-state index in [0.29, 0.717) is 23.3 Å². The van der Waals surface area contributed by atoms with E-state index in [1.54, 1.807) is 16.8 Å². The Bertz CT molecular complexity index is 1080. The van der Waals surface area contributed by atoms with Crippen LogP contribution >= 0.6 is 0 Å². The van der Waals surface area contributed by atoms with Crippen molar-refractivity contribution >= 4 is 16.7 Å². The van der Waals surface area contributed by atoms with Crippen molar-refractivity contribution in [3.05, 3.63) is 72.2 Å². The molecule has 0 unspecified atom stereocenters. The molecule has 1 N–H and O–H groups in total. The van der Waals surface area contributed by atoms with Crippen molar-refractivity contribution in [1.29, 1.82) is 0 Å². The number of hydrogen-bond donors (Lipinski definition) is 1. The molecule has 2 aromatic heterocycles. The third-order valence-electron chi connectivity index (χ3n) is 4.21. The summed E-state index contributed by atoms with van der Waals surface area (Å²) in [4.78, 5) is 7.97. The summed E-state index contributed by atoms with van der Waals surface area (Å²) in [5.41, 5.74) is 3.28. The molecule has 0 atom stereocenters. The Morgan fingerprint density at radius 3 is 2.52 bits per heavy atom. The lowest BCUT2D eigenvalue weighted by Crippen LogP contribution is -2.06. The molecular formula is C20H17F2N5. The average molecular weight is 365 g/mol. The van der Waals surface area contributed by atoms with Gasteiger partial charge in [-0.1, -0.05) is 42.5 Å². The molecule has 0 saturated heterocycles. The van der Waals surface area contributed by atoms with Gasteiger partial charge in [-0.25, -0.2) is 18.7 Å². The molecular weight excluding hydrogens is 348 g/mol. The first-order valence-corrected chi connectivity index (χ1v) is 8.48. The molecule has 0 aliphatic rings. The van der Waals surface area contributed by atoms with E-state index in [1.807, 2.05) is 55.7 Å². The van der Waals surface area contributed by atoms with Crippen LogP contribution in [0.25, 0.3) is 22.2 Å². The Hall–Kier alpha value is -3.35. The number of para-hydroxylation sites is 1. The summed E-state index contributed by atoms with van der Waals surface area (Å²) < 4.78 is 28.1. The fraction of sp³-hybridized carbons (Fsp3) is 0.150. The number of alkyl halides is 2. The predicted octanol–water partition coefficient (Wildman–Crippen LogP) is 4.58. The Morgan fingerprint density at radius 2 is 1.74 bits per heavy atom. The van der Waals surface area contributed by atoms with Crippen LogP contribution in [-0.4, -0.2) is 19.7 Å². The number of hydrogen-bond acceptors (Lipinski definition) is 4. The minimum atomic E-state index is -2.73. The Morgan fingerprint density at radius 1 is 1.00 bits per heavy atom. The molecule has 0 aliphatic carbocycles. The third kappa shape index (κ3) is 3.48. The van der Waals surface area contributed by atoms with Crippen molar-refractivity contribution in [3.8, 4) is 11.3 Å². The largest absolute Gasteiger partial charge is 0.365 e. The lowest BCUT2D eigenvalue weighted by atomic mass is 10.1. The first kappa shape index (κ1) is 17.1. The van der Waals surface area contributed by atoms with Crippen LogP contribution in [0.4, 0.5) is 14.6 Å². The first-order chi connectivity index (χ1) is 13.1. The molecule has 136 valence electrons. The quantitative estimate of drug-likeness (QED) is 0.562. The SMILES string of the molecule is Cn1cc(CNc2nc(C(F)F)nc3ccccc23)c(-c2ccccc2)n1. The van der Waals surface area contributed by atoms with E-state index in [2.05, 4.69) is 20.4 Å². The molecule has 0 amide bonds. The third-order valence-corrected chi connectivity index (χ3v) is 4.21. The van der Waals surface area contributed by atoms with Gasteiger partial charge in [0, 0.05) is 36.3 Å². The minimum absolute atomic E-state index is 0.388. The zero-order valence-electron chi connectivity index (χ0n) is 14.6. The lowest BCUT2D eigenvalue weighted by molar-refractivity contribution is 0.141. The maximum Gasteiger partial charge on any atom is 0.297 e. The number of benzene rings is 2. The number of aryl methyl sites for hydroxylation is 1. The summed E-state index contributed by atoms with van der Waals surface area (Å²) in [6.07, 6.45) is -0.819. The minimum Gasteiger partial charge on any atom is -0.365 e. The zero-order valence-corrected chi connectivity index (χ0v) is 14.6. The van der Waals surface area contributed by atoms with Gasteiger partial charge in [-0.2, -0.15) is 5.10 Å². The number of fused-ring (bicyclic) bond motifs is 1. The number of rotatable bonds is 5. The molecule has 2 heterocycles. The van der Waals surface area contributed by atoms with Crippen LogP contribution in [0.15, 0.2) is 60.8 Å². The highest BCUT2D eigenvalue weighted by Gasteiger charge is 2.16. The van der Waals surface area contributed by atoms with Gasteiger partial charge in [0.15, 0.2) is 5.82 Å². The van der Waals surface area contributed by atoms with Gasteiger partial charge in [0.05, 0.1) is 11.2 Å². The van der Waals surface area contributed by atoms with Crippen LogP contribution in [0, 0.1) is 0 Å². The highest BCUT2D eigenvalue weighted by molar-refractivity contribution is 5.89. The molecule has 0 bridgehead atoms. The maximum atomic E-state index is 13.2. The normalized spacial score (nSPS) is 11.3. The summed E-state index contributed by atoms with van der Waals surface area (Å²) in [5, 5.41) is 8.41. The van der Waals surface area contributed by atoms with Crippen LogP contribution in [-0.2, 0) is 13.6 Å². The molecule has 27 heavy (non-hydrogen) atoms. The molecule has 2 aromatic carbocycles. The Balaban J connectivity index is 1.69. The molecule has 0 fully saturated rings. The molecule has 0 spiro atoms. The molecule has 0 radical (unpaired) electrons. The van der Waals surface area contributed by atoms with Crippen molar-refractivity contribution in [1.82, 2.24) is 19.7 Å². The van der Waals surface area contributed by atoms with Crippen LogP contribution in [0.2, 0.25) is 0 Å². The number of halogens is 2. The topological polar surface area (TPSA) is 55.6 Å². The second kappa shape index (κ2) is 7.11. The highest BCUT2D eigenvalue weighted by Crippen LogP contribution is 2.26. The fourth-order valence-electron chi connectivity index (χ4n) is 3.01. The monoisotopic (exact) mass is 365 g/mol. The predicted molar refractivity (Wildman–Crippen MR) is 100 cm³/mol. The lowest BCUT2D eigenvalue weighted by Gasteiger charge is -2.11. The summed E-state index contributed by atoms with van der Waals surface area (Å²) in [5.74, 6) is -0.0931. The number of nitrogens with one attached hydrogen (secondary N) is 1. The smallest absolute Gasteiger partial charge is 0.297 e. The van der Waals surface area contributed by atoms with Crippen LogP contribution in [0.3, 0.4) is 0 Å². The average Bonchev–Trinajstić information content (AvgIpc) is 3.07. The van der Waals surface area contributed by atoms with Crippen LogP contribution in [0.5, 0.6) is 0 Å². The fourth-order valence-corrected chi connectivity index (χ4v) is 3.01. The number of aromatic nitrogens is 4. The summed E-state index contributed by atoms with van der Waals surface area (Å²) in [6.45, 7) is 0.405. The highest BCUT2D eigenvalue weighted by atomic mass is 19.3. The summed E-state index contributed by atoms with van der Waals surface area (Å²) in [6, 6.07) is 16.9. The maximum absolute atomic E-state index is 13.2. The molecule has 7 heteroatoms. The molecule has 5 nitrogen and oxygen atoms in total. The number of anilines is 1. The molecule has 4 rings (SSSR count). The van der Waals surface area contributed by atoms with Crippen molar-refractivity contribution in [3.63, 3.8) is 0 Å². The van der Waals surface area contributed by atoms with E-state index < -0.39 is 12.2 Å². The first-order valence-electron chi connectivity index (χ1n) is 8.48. The standard InChI is InChI=1S/C20H17F2N5/c1-27-12-14(17(26-27)13-7-3-2-4-8-13)11-23-19-15-9-5-6-10-16(15)24-20(25-19)18(21)22/h2-10,12,18H,11H2,1H3,(H,23,24,25). The van der Waals surface area contributed by atoms with Gasteiger partial charge >= 0.3 is 0 Å². The van der Waals surface area contributed by atoms with E-state index in [1.165, 1.54) is 0 Å². The zero-order chi connectivity index (χ0) is 18.8. The Labute approximate surface area is 154 Å². The summed E-state index contributed by atoms with van der Waals surface area (Å²) >= 11 is 0. The van der Waals surface area contributed by atoms with E-state index >= 15 is 0 Å². The van der Waals surface area contributed by atoms with Crippen molar-refractivity contribution in [2.45, 2.75) is 13.0 Å². The molecule has 0 saturated carbocycles. The van der Waals surface area contributed by atoms with E-state index in [0.717, 1.165) is 16.8 Å². The van der Waals surface area contributed by atoms with E-state index in [-0.39, 0.29) is 0 Å². The van der Waals surface area contributed by atoms with Crippen LogP contribution < -0.4 is 5.32 Å². The second-order valence-electron chi connectivity index (χ2n) is 6.14. The van der Waals surface area contributed by atoms with Gasteiger partial charge in [-0.15, -0.1) is 0 Å². The van der Waals surface area contributed by atoms with Gasteiger partial charge in [0.1, 0.15) is 5.82 Å².